The number of nitrogens with one attached hydrogen (secondary N) is 1. The number of halogens is 1. The average Bonchev–Trinajstić information content (AvgIpc) is 2.81. The molecule has 0 aliphatic carbocycles. The topological polar surface area (TPSA) is 32.3 Å². The standard InChI is InChI=1S/C27H32FNO.C3H4/c1-2-21(9-6-7-18-30)27(24-15-13-22(14-16-24)25-19-29-20-25)26(12-8-17-28)23-10-4-3-5-11-23;1-3-2/h2-7,10-11,13-16,25,29-30H,8-9,12,17-20H2,1H3;1H,2H3/b7-6-,21-2+,27-26-;. The molecule has 0 unspecified atom stereocenters. The minimum Gasteiger partial charge on any atom is -0.392 e. The van der Waals surface area contributed by atoms with Gasteiger partial charge in [0, 0.05) is 19.0 Å². The van der Waals surface area contributed by atoms with Crippen molar-refractivity contribution in [3.63, 3.8) is 0 Å². The lowest BCUT2D eigenvalue weighted by atomic mass is 9.84. The van der Waals surface area contributed by atoms with E-state index in [4.69, 9.17) is 5.11 Å². The third-order valence-electron chi connectivity index (χ3n) is 5.72. The highest BCUT2D eigenvalue weighted by atomic mass is 19.1. The molecule has 2 N–H and O–H groups in total. The maximum absolute atomic E-state index is 13.2. The second-order valence-corrected chi connectivity index (χ2v) is 7.95. The molecule has 0 atom stereocenters. The molecule has 174 valence electrons. The highest BCUT2D eigenvalue weighted by Gasteiger charge is 2.20. The van der Waals surface area contributed by atoms with Gasteiger partial charge in [-0.2, -0.15) is 0 Å². The van der Waals surface area contributed by atoms with E-state index in [1.165, 1.54) is 22.3 Å². The molecule has 1 aliphatic rings. The first-order valence-corrected chi connectivity index (χ1v) is 11.6. The Labute approximate surface area is 198 Å². The van der Waals surface area contributed by atoms with Crippen molar-refractivity contribution >= 4 is 11.1 Å². The van der Waals surface area contributed by atoms with E-state index >= 15 is 0 Å². The van der Waals surface area contributed by atoms with Crippen molar-refractivity contribution in [1.29, 1.82) is 0 Å². The highest BCUT2D eigenvalue weighted by molar-refractivity contribution is 5.98. The Morgan fingerprint density at radius 2 is 1.76 bits per heavy atom. The van der Waals surface area contributed by atoms with Crippen molar-refractivity contribution in [2.24, 2.45) is 0 Å². The zero-order chi connectivity index (χ0) is 23.9. The fourth-order valence-corrected chi connectivity index (χ4v) is 3.95. The maximum Gasteiger partial charge on any atom is 0.0897 e. The van der Waals surface area contributed by atoms with Crippen LogP contribution in [0.4, 0.5) is 4.39 Å². The third-order valence-corrected chi connectivity index (χ3v) is 5.72. The summed E-state index contributed by atoms with van der Waals surface area (Å²) in [6.07, 6.45) is 12.4. The lowest BCUT2D eigenvalue weighted by Crippen LogP contribution is -2.39. The molecule has 3 rings (SSSR count). The molecule has 33 heavy (non-hydrogen) atoms. The Morgan fingerprint density at radius 3 is 2.27 bits per heavy atom. The van der Waals surface area contributed by atoms with Crippen molar-refractivity contribution < 1.29 is 9.50 Å². The molecule has 1 aliphatic heterocycles. The van der Waals surface area contributed by atoms with Crippen molar-refractivity contribution in [2.75, 3.05) is 26.4 Å². The number of alkyl halides is 1. The molecule has 1 heterocycles. The van der Waals surface area contributed by atoms with Crippen LogP contribution in [0, 0.1) is 12.3 Å². The second-order valence-electron chi connectivity index (χ2n) is 7.95. The van der Waals surface area contributed by atoms with Gasteiger partial charge in [0.2, 0.25) is 0 Å². The summed E-state index contributed by atoms with van der Waals surface area (Å²) in [7, 11) is 0. The summed E-state index contributed by atoms with van der Waals surface area (Å²) in [4.78, 5) is 0. The van der Waals surface area contributed by atoms with Crippen LogP contribution in [-0.2, 0) is 0 Å². The van der Waals surface area contributed by atoms with E-state index in [9.17, 15) is 4.39 Å². The molecule has 0 aromatic heterocycles. The lowest BCUT2D eigenvalue weighted by molar-refractivity contribution is 0.342. The first kappa shape index (κ1) is 26.3. The van der Waals surface area contributed by atoms with Crippen LogP contribution in [0.2, 0.25) is 0 Å². The van der Waals surface area contributed by atoms with Crippen molar-refractivity contribution in [3.05, 3.63) is 95.1 Å². The number of aliphatic hydroxyl groups is 1. The predicted octanol–water partition coefficient (Wildman–Crippen LogP) is 6.56. The average molecular weight is 446 g/mol. The van der Waals surface area contributed by atoms with E-state index in [1.54, 1.807) is 13.0 Å². The zero-order valence-electron chi connectivity index (χ0n) is 19.9. The Balaban J connectivity index is 0.00000122. The fourth-order valence-electron chi connectivity index (χ4n) is 3.95. The summed E-state index contributed by atoms with van der Waals surface area (Å²) < 4.78 is 13.2. The minimum atomic E-state index is -0.327. The Bertz CT molecular complexity index is 961. The number of terminal acetylenes is 1. The van der Waals surface area contributed by atoms with Crippen molar-refractivity contribution in [1.82, 2.24) is 5.32 Å². The van der Waals surface area contributed by atoms with Gasteiger partial charge in [-0.15, -0.1) is 12.3 Å². The summed E-state index contributed by atoms with van der Waals surface area (Å²) in [5, 5.41) is 12.5. The number of rotatable bonds is 10. The van der Waals surface area contributed by atoms with E-state index in [-0.39, 0.29) is 13.3 Å². The van der Waals surface area contributed by atoms with Crippen LogP contribution < -0.4 is 5.32 Å². The molecule has 0 spiro atoms. The first-order valence-electron chi connectivity index (χ1n) is 11.6. The van der Waals surface area contributed by atoms with Gasteiger partial charge in [0.25, 0.3) is 0 Å². The van der Waals surface area contributed by atoms with Crippen molar-refractivity contribution in [2.45, 2.75) is 39.0 Å². The number of benzene rings is 2. The van der Waals surface area contributed by atoms with Gasteiger partial charge in [0.05, 0.1) is 13.3 Å². The van der Waals surface area contributed by atoms with Gasteiger partial charge < -0.3 is 10.4 Å². The largest absolute Gasteiger partial charge is 0.392 e. The summed E-state index contributed by atoms with van der Waals surface area (Å²) >= 11 is 0. The van der Waals surface area contributed by atoms with E-state index < -0.39 is 0 Å². The van der Waals surface area contributed by atoms with Gasteiger partial charge in [0.1, 0.15) is 0 Å². The minimum absolute atomic E-state index is 0.0353. The van der Waals surface area contributed by atoms with Gasteiger partial charge >= 0.3 is 0 Å². The second kappa shape index (κ2) is 15.0. The molecule has 0 bridgehead atoms. The third kappa shape index (κ3) is 7.86. The Hall–Kier alpha value is -2.93. The fraction of sp³-hybridized carbons (Fsp3) is 0.333. The van der Waals surface area contributed by atoms with Crippen LogP contribution >= 0.6 is 0 Å². The molecule has 0 amide bonds. The van der Waals surface area contributed by atoms with Gasteiger partial charge in [-0.1, -0.05) is 72.8 Å². The number of hydrogen-bond acceptors (Lipinski definition) is 2. The Kier molecular flexibility index (Phi) is 12.0. The number of allylic oxidation sites excluding steroid dienone is 5. The van der Waals surface area contributed by atoms with Crippen LogP contribution in [0.5, 0.6) is 0 Å². The van der Waals surface area contributed by atoms with E-state index in [2.05, 4.69) is 60.1 Å². The molecule has 3 heteroatoms. The summed E-state index contributed by atoms with van der Waals surface area (Å²) in [6, 6.07) is 19.2. The van der Waals surface area contributed by atoms with Gasteiger partial charge in [0.15, 0.2) is 0 Å². The monoisotopic (exact) mass is 445 g/mol. The number of hydrogen-bond donors (Lipinski definition) is 2. The van der Waals surface area contributed by atoms with E-state index in [0.29, 0.717) is 18.8 Å². The van der Waals surface area contributed by atoms with Gasteiger partial charge in [-0.3, -0.25) is 4.39 Å². The summed E-state index contributed by atoms with van der Waals surface area (Å²) in [5.74, 6) is 2.85. The smallest absolute Gasteiger partial charge is 0.0897 e. The number of aliphatic hydroxyl groups excluding tert-OH is 1. The van der Waals surface area contributed by atoms with Gasteiger partial charge in [-0.05, 0) is 66.5 Å². The van der Waals surface area contributed by atoms with E-state index in [0.717, 1.165) is 30.6 Å². The van der Waals surface area contributed by atoms with Crippen LogP contribution in [0.3, 0.4) is 0 Å². The Morgan fingerprint density at radius 1 is 1.09 bits per heavy atom. The van der Waals surface area contributed by atoms with Crippen molar-refractivity contribution in [3.8, 4) is 12.3 Å². The summed E-state index contributed by atoms with van der Waals surface area (Å²) in [6.45, 7) is 5.49. The van der Waals surface area contributed by atoms with E-state index in [1.807, 2.05) is 31.2 Å². The van der Waals surface area contributed by atoms with Crippen LogP contribution in [0.25, 0.3) is 11.1 Å². The molecular weight excluding hydrogens is 409 g/mol. The SMILES string of the molecule is C#CC.C/C=C(C/C=C\CO)/C(=C(\CCCF)c1ccccc1)c1ccc(C2CNC2)cc1. The first-order chi connectivity index (χ1) is 16.2. The molecule has 0 saturated carbocycles. The maximum atomic E-state index is 13.2. The normalized spacial score (nSPS) is 14.7. The molecule has 0 radical (unpaired) electrons. The molecule has 2 aromatic rings. The van der Waals surface area contributed by atoms with Crippen LogP contribution in [-0.4, -0.2) is 31.5 Å². The summed E-state index contributed by atoms with van der Waals surface area (Å²) in [5.41, 5.74) is 7.21. The molecule has 1 saturated heterocycles. The van der Waals surface area contributed by atoms with Gasteiger partial charge in [-0.25, -0.2) is 0 Å². The molecule has 2 nitrogen and oxygen atoms in total. The predicted molar refractivity (Wildman–Crippen MR) is 140 cm³/mol. The van der Waals surface area contributed by atoms with Crippen LogP contribution in [0.1, 0.15) is 55.7 Å². The zero-order valence-corrected chi connectivity index (χ0v) is 19.9. The lowest BCUT2D eigenvalue weighted by Gasteiger charge is -2.28. The highest BCUT2D eigenvalue weighted by Crippen LogP contribution is 2.37. The quantitative estimate of drug-likeness (QED) is 0.188. The van der Waals surface area contributed by atoms with Crippen LogP contribution in [0.15, 0.2) is 78.4 Å². The molecule has 1 fully saturated rings. The molecule has 2 aromatic carbocycles. The molecular formula is C30H36FNO.